The van der Waals surface area contributed by atoms with Gasteiger partial charge in [0.1, 0.15) is 0 Å². The van der Waals surface area contributed by atoms with Crippen molar-refractivity contribution in [2.75, 3.05) is 7.11 Å². The lowest BCUT2D eigenvalue weighted by Gasteiger charge is -2.23. The first-order chi connectivity index (χ1) is 22.4. The van der Waals surface area contributed by atoms with E-state index < -0.39 is 12.2 Å². The summed E-state index contributed by atoms with van der Waals surface area (Å²) in [4.78, 5) is 26.4. The van der Waals surface area contributed by atoms with Crippen LogP contribution in [0.15, 0.2) is 65.3 Å². The third-order valence-corrected chi connectivity index (χ3v) is 10.9. The van der Waals surface area contributed by atoms with Gasteiger partial charge in [-0.05, 0) is 88.8 Å². The Balaban J connectivity index is 0.000000152. The average Bonchev–Trinajstić information content (AvgIpc) is 3.71. The van der Waals surface area contributed by atoms with Gasteiger partial charge in [-0.2, -0.15) is 0 Å². The zero-order valence-corrected chi connectivity index (χ0v) is 27.6. The summed E-state index contributed by atoms with van der Waals surface area (Å²) in [5, 5.41) is 22.7. The third-order valence-electron chi connectivity index (χ3n) is 10.3. The average molecular weight is 684 g/mol. The zero-order valence-electron chi connectivity index (χ0n) is 26.0. The summed E-state index contributed by atoms with van der Waals surface area (Å²) in [7, 11) is 1.41. The molecule has 7 nitrogen and oxygen atoms in total. The Morgan fingerprint density at radius 1 is 0.826 bits per heavy atom. The van der Waals surface area contributed by atoms with Crippen molar-refractivity contribution < 1.29 is 24.5 Å². The Morgan fingerprint density at radius 3 is 2.13 bits per heavy atom. The number of nitrogens with one attached hydrogen (secondary N) is 1. The Morgan fingerprint density at radius 2 is 1.46 bits per heavy atom. The molecule has 46 heavy (non-hydrogen) atoms. The normalized spacial score (nSPS) is 18.2. The van der Waals surface area contributed by atoms with Gasteiger partial charge in [0.25, 0.3) is 0 Å². The number of nitrogens with zero attached hydrogens (tertiary/aromatic N) is 1. The van der Waals surface area contributed by atoms with Crippen molar-refractivity contribution in [2.45, 2.75) is 82.3 Å². The molecule has 8 rings (SSSR count). The second-order valence-electron chi connectivity index (χ2n) is 12.9. The van der Waals surface area contributed by atoms with Crippen molar-refractivity contribution in [3.05, 3.63) is 93.1 Å². The molecule has 0 bridgehead atoms. The molecule has 1 aliphatic heterocycles. The first kappa shape index (κ1) is 30.8. The molecule has 0 spiro atoms. The molecule has 2 saturated carbocycles. The number of aliphatic hydroxyl groups excluding tert-OH is 1. The Labute approximate surface area is 276 Å². The lowest BCUT2D eigenvalue weighted by molar-refractivity contribution is 0.0600. The van der Waals surface area contributed by atoms with E-state index in [1.165, 1.54) is 75.0 Å². The molecule has 0 saturated heterocycles. The minimum absolute atomic E-state index is 0.260. The number of hydrogen-bond donors (Lipinski definition) is 3. The summed E-state index contributed by atoms with van der Waals surface area (Å²) in [5.74, 6) is -0.143. The maximum atomic E-state index is 11.6. The summed E-state index contributed by atoms with van der Waals surface area (Å²) in [6.07, 6.45) is 11.8. The number of carboxylic acid groups (broad SMARTS) is 1. The van der Waals surface area contributed by atoms with Crippen LogP contribution in [0.5, 0.6) is 0 Å². The molecule has 8 heteroatoms. The number of ether oxygens (including phenoxy) is 1. The van der Waals surface area contributed by atoms with Crippen LogP contribution in [0.1, 0.15) is 120 Å². The van der Waals surface area contributed by atoms with Crippen LogP contribution in [0.2, 0.25) is 0 Å². The van der Waals surface area contributed by atoms with Crippen LogP contribution >= 0.6 is 15.9 Å². The monoisotopic (exact) mass is 682 g/mol. The summed E-state index contributed by atoms with van der Waals surface area (Å²) in [6, 6.07) is 19.1. The van der Waals surface area contributed by atoms with E-state index in [0.717, 1.165) is 50.7 Å². The first-order valence-corrected chi connectivity index (χ1v) is 17.2. The number of aromatic carboxylic acids is 1. The fourth-order valence-corrected chi connectivity index (χ4v) is 8.85. The summed E-state index contributed by atoms with van der Waals surface area (Å²) < 4.78 is 7.77. The molecule has 0 radical (unpaired) electrons. The number of hydrogen-bond acceptors (Lipinski definition) is 4. The van der Waals surface area contributed by atoms with Gasteiger partial charge < -0.3 is 24.5 Å². The number of methoxy groups -OCH3 is 1. The highest BCUT2D eigenvalue weighted by molar-refractivity contribution is 9.10. The van der Waals surface area contributed by atoms with E-state index in [9.17, 15) is 19.8 Å². The molecule has 2 aliphatic carbocycles. The van der Waals surface area contributed by atoms with Gasteiger partial charge >= 0.3 is 11.9 Å². The van der Waals surface area contributed by atoms with Gasteiger partial charge in [0.2, 0.25) is 0 Å². The van der Waals surface area contributed by atoms with Crippen LogP contribution in [-0.4, -0.2) is 38.8 Å². The number of carboxylic acids is 1. The van der Waals surface area contributed by atoms with Gasteiger partial charge in [-0.1, -0.05) is 74.9 Å². The maximum absolute atomic E-state index is 11.6. The van der Waals surface area contributed by atoms with E-state index in [2.05, 4.69) is 27.0 Å². The summed E-state index contributed by atoms with van der Waals surface area (Å²) >= 11 is 3.65. The molecule has 2 fully saturated rings. The van der Waals surface area contributed by atoms with Crippen LogP contribution in [0, 0.1) is 0 Å². The molecular weight excluding hydrogens is 644 g/mol. The lowest BCUT2D eigenvalue weighted by atomic mass is 9.81. The van der Waals surface area contributed by atoms with Crippen molar-refractivity contribution in [3.63, 3.8) is 0 Å². The number of aliphatic hydroxyl groups is 1. The molecule has 1 unspecified atom stereocenters. The summed E-state index contributed by atoms with van der Waals surface area (Å²) in [6.45, 7) is 0. The number of esters is 1. The summed E-state index contributed by atoms with van der Waals surface area (Å²) in [5.41, 5.74) is 8.40. The van der Waals surface area contributed by atoms with Crippen LogP contribution in [-0.2, 0) is 4.74 Å². The number of rotatable bonds is 4. The standard InChI is InChI=1S/C22H21NO3.C16H18BrNO2/c24-21-16-9-5-4-8-15(16)20-19(13-6-2-1-3-7-13)17-11-10-14(22(25)26)12-18(17)23(20)21;1-20-16(19)11-7-8-12-13(9-11)18-15(17)14(12)10-5-3-2-4-6-10/h4-5,8-13,21,24H,1-3,6-7H2,(H,25,26);7-10,18H,2-6H2,1H3. The highest BCUT2D eigenvalue weighted by Gasteiger charge is 2.35. The van der Waals surface area contributed by atoms with Crippen molar-refractivity contribution in [1.82, 2.24) is 9.55 Å². The van der Waals surface area contributed by atoms with Gasteiger partial charge in [0.05, 0.1) is 34.1 Å². The quantitative estimate of drug-likeness (QED) is 0.164. The number of fused-ring (bicyclic) bond motifs is 6. The SMILES string of the molecule is COC(=O)c1ccc2c(C3CCCCC3)c(Br)[nH]c2c1.O=C(O)c1ccc2c(C3CCCCC3)c3n(c2c1)C(O)c1ccccc1-3. The van der Waals surface area contributed by atoms with Gasteiger partial charge in [-0.25, -0.2) is 9.59 Å². The van der Waals surface area contributed by atoms with E-state index in [-0.39, 0.29) is 11.5 Å². The molecule has 3 aromatic carbocycles. The van der Waals surface area contributed by atoms with E-state index in [0.29, 0.717) is 17.4 Å². The Hall–Kier alpha value is -3.88. The Kier molecular flexibility index (Phi) is 8.51. The number of carbonyl (C=O) groups excluding carboxylic acids is 1. The molecule has 0 amide bonds. The third kappa shape index (κ3) is 5.35. The molecule has 3 N–H and O–H groups in total. The maximum Gasteiger partial charge on any atom is 0.337 e. The lowest BCUT2D eigenvalue weighted by Crippen LogP contribution is -2.06. The van der Waals surface area contributed by atoms with Crippen molar-refractivity contribution in [2.24, 2.45) is 0 Å². The largest absolute Gasteiger partial charge is 0.478 e. The van der Waals surface area contributed by atoms with Crippen molar-refractivity contribution in [3.8, 4) is 11.3 Å². The van der Waals surface area contributed by atoms with Crippen molar-refractivity contribution in [1.29, 1.82) is 0 Å². The van der Waals surface area contributed by atoms with E-state index in [1.807, 2.05) is 47.0 Å². The number of aromatic amines is 1. The topological polar surface area (TPSA) is 105 Å². The van der Waals surface area contributed by atoms with Crippen LogP contribution in [0.4, 0.5) is 0 Å². The van der Waals surface area contributed by atoms with Crippen molar-refractivity contribution >= 4 is 49.7 Å². The fourth-order valence-electron chi connectivity index (χ4n) is 8.10. The smallest absolute Gasteiger partial charge is 0.337 e. The molecule has 5 aromatic rings. The minimum atomic E-state index is -0.938. The zero-order chi connectivity index (χ0) is 31.9. The number of halogens is 1. The van der Waals surface area contributed by atoms with Gasteiger partial charge in [0, 0.05) is 27.4 Å². The molecular formula is C38H39BrN2O5. The number of benzene rings is 3. The molecule has 2 aromatic heterocycles. The van der Waals surface area contributed by atoms with Crippen LogP contribution in [0.3, 0.4) is 0 Å². The minimum Gasteiger partial charge on any atom is -0.478 e. The predicted molar refractivity (Wildman–Crippen MR) is 184 cm³/mol. The first-order valence-electron chi connectivity index (χ1n) is 16.4. The van der Waals surface area contributed by atoms with E-state index in [4.69, 9.17) is 4.74 Å². The van der Waals surface area contributed by atoms with E-state index in [1.54, 1.807) is 12.1 Å². The fraction of sp³-hybridized carbons (Fsp3) is 0.368. The molecule has 3 aliphatic rings. The second-order valence-corrected chi connectivity index (χ2v) is 13.7. The number of aromatic nitrogens is 2. The second kappa shape index (κ2) is 12.7. The number of carbonyl (C=O) groups is 2. The van der Waals surface area contributed by atoms with E-state index >= 15 is 0 Å². The van der Waals surface area contributed by atoms with Crippen LogP contribution in [0.25, 0.3) is 33.1 Å². The Bertz CT molecular complexity index is 1940. The van der Waals surface area contributed by atoms with Crippen LogP contribution < -0.4 is 0 Å². The molecule has 238 valence electrons. The molecule has 3 heterocycles. The predicted octanol–water partition coefficient (Wildman–Crippen LogP) is 9.67. The highest BCUT2D eigenvalue weighted by atomic mass is 79.9. The highest BCUT2D eigenvalue weighted by Crippen LogP contribution is 2.50. The molecule has 1 atom stereocenters. The van der Waals surface area contributed by atoms with Gasteiger partial charge in [-0.3, -0.25) is 0 Å². The van der Waals surface area contributed by atoms with Gasteiger partial charge in [0.15, 0.2) is 6.23 Å². The van der Waals surface area contributed by atoms with Gasteiger partial charge in [-0.15, -0.1) is 0 Å². The number of H-pyrrole nitrogens is 1.